The zero-order valence-electron chi connectivity index (χ0n) is 6.41. The van der Waals surface area contributed by atoms with Gasteiger partial charge >= 0.3 is 0 Å². The fraction of sp³-hybridized carbons (Fsp3) is 0.143. The molecule has 0 fully saturated rings. The minimum absolute atomic E-state index is 0.0279. The van der Waals surface area contributed by atoms with E-state index in [2.05, 4.69) is 22.6 Å². The van der Waals surface area contributed by atoms with E-state index in [1.165, 1.54) is 12.1 Å². The smallest absolute Gasteiger partial charge is 0.258 e. The second-order valence-electron chi connectivity index (χ2n) is 2.53. The number of nitro benzene ring substituents is 1. The molecule has 0 saturated heterocycles. The Morgan fingerprint density at radius 1 is 1.38 bits per heavy atom. The summed E-state index contributed by atoms with van der Waals surface area (Å²) in [5.41, 5.74) is -0.392. The summed E-state index contributed by atoms with van der Waals surface area (Å²) in [5.74, 6) is 0. The molecule has 13 heavy (non-hydrogen) atoms. The maximum Gasteiger partial charge on any atom is 0.271 e. The first-order chi connectivity index (χ1) is 6.16. The van der Waals surface area contributed by atoms with E-state index >= 15 is 0 Å². The summed E-state index contributed by atoms with van der Waals surface area (Å²) in [6.45, 7) is 0. The average molecular weight is 195 g/mol. The molecule has 0 bridgehead atoms. The van der Waals surface area contributed by atoms with E-state index in [1.54, 1.807) is 6.07 Å². The molecule has 0 N–H and O–H groups in total. The fourth-order valence-corrected chi connectivity index (χ4v) is 1.36. The quantitative estimate of drug-likeness (QED) is 0.391. The number of hydrogen-bond acceptors (Lipinski definition) is 5. The number of thiol groups is 1. The van der Waals surface area contributed by atoms with Gasteiger partial charge in [-0.3, -0.25) is 10.1 Å². The van der Waals surface area contributed by atoms with Gasteiger partial charge in [0.2, 0.25) is 0 Å². The highest BCUT2D eigenvalue weighted by Gasteiger charge is 2.09. The molecule has 6 heteroatoms. The Labute approximate surface area is 78.4 Å². The Balaban J connectivity index is 2.66. The lowest BCUT2D eigenvalue weighted by Gasteiger charge is -1.87. The Kier molecular flexibility index (Phi) is 1.77. The number of nitro groups is 1. The van der Waals surface area contributed by atoms with Gasteiger partial charge in [-0.05, 0) is 6.07 Å². The lowest BCUT2D eigenvalue weighted by atomic mass is 10.3. The highest BCUT2D eigenvalue weighted by Crippen LogP contribution is 2.06. The second kappa shape index (κ2) is 2.81. The number of benzene rings is 1. The third-order valence-electron chi connectivity index (χ3n) is 1.68. The SMILES string of the molecule is O=[N+]([O-])c1ccc2c(c1)=NC(S)N=2. The van der Waals surface area contributed by atoms with Gasteiger partial charge in [0, 0.05) is 12.1 Å². The molecule has 0 saturated carbocycles. The minimum Gasteiger partial charge on any atom is -0.258 e. The molecule has 0 aromatic heterocycles. The van der Waals surface area contributed by atoms with E-state index in [1.807, 2.05) is 0 Å². The second-order valence-corrected chi connectivity index (χ2v) is 3.00. The molecule has 1 heterocycles. The average Bonchev–Trinajstić information content (AvgIpc) is 2.42. The first-order valence-electron chi connectivity index (χ1n) is 3.55. The highest BCUT2D eigenvalue weighted by atomic mass is 32.1. The van der Waals surface area contributed by atoms with E-state index in [9.17, 15) is 10.1 Å². The summed E-state index contributed by atoms with van der Waals surface area (Å²) < 4.78 is 0. The van der Waals surface area contributed by atoms with Crippen molar-refractivity contribution in [2.24, 2.45) is 9.98 Å². The molecular formula is C7H5N3O2S. The molecule has 1 aliphatic heterocycles. The molecule has 2 rings (SSSR count). The molecule has 66 valence electrons. The van der Waals surface area contributed by atoms with E-state index in [4.69, 9.17) is 0 Å². The molecular weight excluding hydrogens is 190 g/mol. The first-order valence-corrected chi connectivity index (χ1v) is 4.06. The third-order valence-corrected chi connectivity index (χ3v) is 1.91. The van der Waals surface area contributed by atoms with Crippen LogP contribution < -0.4 is 10.7 Å². The Morgan fingerprint density at radius 3 is 2.77 bits per heavy atom. The van der Waals surface area contributed by atoms with Crippen molar-refractivity contribution in [1.29, 1.82) is 0 Å². The molecule has 1 unspecified atom stereocenters. The number of fused-ring (bicyclic) bond motifs is 1. The Bertz CT molecular complexity index is 485. The summed E-state index contributed by atoms with van der Waals surface area (Å²) in [7, 11) is 0. The number of nitrogens with zero attached hydrogens (tertiary/aromatic N) is 3. The van der Waals surface area contributed by atoms with Gasteiger partial charge in [0.1, 0.15) is 0 Å². The van der Waals surface area contributed by atoms with Crippen LogP contribution in [0.25, 0.3) is 0 Å². The third kappa shape index (κ3) is 1.40. The topological polar surface area (TPSA) is 67.9 Å². The summed E-state index contributed by atoms with van der Waals surface area (Å²) in [6.07, 6.45) is 0. The predicted molar refractivity (Wildman–Crippen MR) is 48.2 cm³/mol. The lowest BCUT2D eigenvalue weighted by molar-refractivity contribution is -0.385. The monoisotopic (exact) mass is 195 g/mol. The van der Waals surface area contributed by atoms with Crippen LogP contribution in [0.1, 0.15) is 0 Å². The summed E-state index contributed by atoms with van der Waals surface area (Å²) in [4.78, 5) is 18.0. The molecule has 1 atom stereocenters. The maximum atomic E-state index is 10.4. The fourth-order valence-electron chi connectivity index (χ4n) is 1.12. The van der Waals surface area contributed by atoms with Crippen LogP contribution in [0.5, 0.6) is 0 Å². The van der Waals surface area contributed by atoms with Crippen molar-refractivity contribution < 1.29 is 4.92 Å². The van der Waals surface area contributed by atoms with Crippen LogP contribution in [0.15, 0.2) is 28.2 Å². The van der Waals surface area contributed by atoms with Crippen molar-refractivity contribution in [2.75, 3.05) is 0 Å². The van der Waals surface area contributed by atoms with Crippen LogP contribution in [0.2, 0.25) is 0 Å². The van der Waals surface area contributed by atoms with Crippen molar-refractivity contribution in [1.82, 2.24) is 0 Å². The summed E-state index contributed by atoms with van der Waals surface area (Å²) in [5, 5.41) is 11.6. The molecule has 1 aliphatic rings. The standard InChI is InChI=1S/C7H5N3O2S/c11-10(12)4-1-2-5-6(3-4)9-7(13)8-5/h1-3,7,13H. The predicted octanol–water partition coefficient (Wildman–Crippen LogP) is 0.0610. The van der Waals surface area contributed by atoms with Crippen molar-refractivity contribution in [3.8, 4) is 0 Å². The van der Waals surface area contributed by atoms with Gasteiger partial charge in [-0.1, -0.05) is 0 Å². The maximum absolute atomic E-state index is 10.4. The highest BCUT2D eigenvalue weighted by molar-refractivity contribution is 7.80. The normalized spacial score (nSPS) is 18.7. The number of non-ortho nitro benzene ring substituents is 1. The van der Waals surface area contributed by atoms with Crippen molar-refractivity contribution >= 4 is 18.3 Å². The zero-order chi connectivity index (χ0) is 9.42. The molecule has 0 aliphatic carbocycles. The van der Waals surface area contributed by atoms with Crippen LogP contribution >= 0.6 is 12.6 Å². The summed E-state index contributed by atoms with van der Waals surface area (Å²) >= 11 is 4.02. The minimum atomic E-state index is -0.457. The Hall–Kier alpha value is -1.43. The lowest BCUT2D eigenvalue weighted by Crippen LogP contribution is -2.21. The first kappa shape index (κ1) is 8.18. The molecule has 0 radical (unpaired) electrons. The van der Waals surface area contributed by atoms with Crippen LogP contribution in [0.4, 0.5) is 5.69 Å². The zero-order valence-corrected chi connectivity index (χ0v) is 7.31. The number of hydrogen-bond donors (Lipinski definition) is 1. The van der Waals surface area contributed by atoms with Gasteiger partial charge in [0.25, 0.3) is 5.69 Å². The van der Waals surface area contributed by atoms with E-state index in [-0.39, 0.29) is 5.69 Å². The molecule has 0 amide bonds. The van der Waals surface area contributed by atoms with E-state index < -0.39 is 10.4 Å². The number of rotatable bonds is 1. The van der Waals surface area contributed by atoms with Gasteiger partial charge < -0.3 is 0 Å². The van der Waals surface area contributed by atoms with Gasteiger partial charge in [-0.25, -0.2) is 9.98 Å². The molecule has 1 aromatic carbocycles. The van der Waals surface area contributed by atoms with Gasteiger partial charge in [0.15, 0.2) is 5.50 Å². The molecule has 5 nitrogen and oxygen atoms in total. The molecule has 0 spiro atoms. The largest absolute Gasteiger partial charge is 0.271 e. The molecule has 1 aromatic rings. The van der Waals surface area contributed by atoms with Gasteiger partial charge in [-0.15, -0.1) is 12.6 Å². The van der Waals surface area contributed by atoms with Crippen LogP contribution in [0.3, 0.4) is 0 Å². The Morgan fingerprint density at radius 2 is 2.08 bits per heavy atom. The van der Waals surface area contributed by atoms with Crippen LogP contribution in [-0.2, 0) is 0 Å². The van der Waals surface area contributed by atoms with Gasteiger partial charge in [-0.2, -0.15) is 0 Å². The van der Waals surface area contributed by atoms with Crippen molar-refractivity contribution in [2.45, 2.75) is 5.50 Å². The van der Waals surface area contributed by atoms with E-state index in [0.717, 1.165) is 0 Å². The van der Waals surface area contributed by atoms with Crippen LogP contribution in [0, 0.1) is 10.1 Å². The van der Waals surface area contributed by atoms with Crippen molar-refractivity contribution in [3.05, 3.63) is 39.0 Å². The van der Waals surface area contributed by atoms with Crippen LogP contribution in [-0.4, -0.2) is 10.4 Å². The van der Waals surface area contributed by atoms with E-state index in [0.29, 0.717) is 10.7 Å². The van der Waals surface area contributed by atoms with Gasteiger partial charge in [0.05, 0.1) is 15.6 Å². The summed E-state index contributed by atoms with van der Waals surface area (Å²) in [6, 6.07) is 4.38. The van der Waals surface area contributed by atoms with Crippen molar-refractivity contribution in [3.63, 3.8) is 0 Å².